The van der Waals surface area contributed by atoms with Crippen molar-refractivity contribution in [3.8, 4) is 0 Å². The van der Waals surface area contributed by atoms with E-state index in [1.165, 1.54) is 11.6 Å². The maximum atomic E-state index is 13.8. The van der Waals surface area contributed by atoms with Gasteiger partial charge < -0.3 is 5.11 Å². The van der Waals surface area contributed by atoms with Crippen molar-refractivity contribution in [2.24, 2.45) is 5.92 Å². The molecule has 1 aliphatic carbocycles. The summed E-state index contributed by atoms with van der Waals surface area (Å²) in [5.41, 5.74) is 2.84. The van der Waals surface area contributed by atoms with E-state index in [2.05, 4.69) is 15.9 Å². The molecule has 19 heavy (non-hydrogen) atoms. The number of fused-ring (bicyclic) bond motifs is 1. The van der Waals surface area contributed by atoms with Gasteiger partial charge in [-0.05, 0) is 47.6 Å². The Morgan fingerprint density at radius 3 is 2.74 bits per heavy atom. The molecule has 0 aliphatic heterocycles. The predicted molar refractivity (Wildman–Crippen MR) is 76.4 cm³/mol. The highest BCUT2D eigenvalue weighted by Gasteiger charge is 2.30. The first kappa shape index (κ1) is 12.8. The van der Waals surface area contributed by atoms with Crippen LogP contribution >= 0.6 is 15.9 Å². The molecule has 1 nitrogen and oxygen atoms in total. The molecule has 0 radical (unpaired) electrons. The molecule has 2 atom stereocenters. The second-order valence-corrected chi connectivity index (χ2v) is 5.96. The molecule has 98 valence electrons. The van der Waals surface area contributed by atoms with Crippen molar-refractivity contribution < 1.29 is 9.50 Å². The summed E-state index contributed by atoms with van der Waals surface area (Å²) >= 11 is 3.25. The fraction of sp³-hybridized carbons (Fsp3) is 0.250. The molecule has 2 aromatic carbocycles. The van der Waals surface area contributed by atoms with Crippen LogP contribution in [0, 0.1) is 11.7 Å². The molecule has 3 heteroatoms. The number of hydrogen-bond donors (Lipinski definition) is 1. The fourth-order valence-electron chi connectivity index (χ4n) is 2.81. The van der Waals surface area contributed by atoms with Gasteiger partial charge in [0.15, 0.2) is 0 Å². The summed E-state index contributed by atoms with van der Waals surface area (Å²) < 4.78 is 14.6. The standard InChI is InChI=1S/C16H14BrFO/c17-13-6-5-11(15(18)9-13)8-12-7-10-3-1-2-4-14(10)16(12)19/h1-6,9,12,16,19H,7-8H2. The first-order chi connectivity index (χ1) is 9.15. The monoisotopic (exact) mass is 320 g/mol. The summed E-state index contributed by atoms with van der Waals surface area (Å²) in [6.07, 6.45) is 0.890. The van der Waals surface area contributed by atoms with Gasteiger partial charge in [-0.25, -0.2) is 4.39 Å². The Morgan fingerprint density at radius 1 is 1.21 bits per heavy atom. The second-order valence-electron chi connectivity index (χ2n) is 5.05. The zero-order chi connectivity index (χ0) is 13.4. The SMILES string of the molecule is OC1c2ccccc2CC1Cc1ccc(Br)cc1F. The van der Waals surface area contributed by atoms with Gasteiger partial charge in [0, 0.05) is 4.47 Å². The molecule has 0 fully saturated rings. The minimum absolute atomic E-state index is 0.0630. The Labute approximate surface area is 120 Å². The van der Waals surface area contributed by atoms with Gasteiger partial charge >= 0.3 is 0 Å². The molecule has 3 rings (SSSR count). The van der Waals surface area contributed by atoms with Gasteiger partial charge in [-0.1, -0.05) is 46.3 Å². The number of rotatable bonds is 2. The fourth-order valence-corrected chi connectivity index (χ4v) is 3.14. The second kappa shape index (κ2) is 5.06. The van der Waals surface area contributed by atoms with Crippen LogP contribution in [-0.2, 0) is 12.8 Å². The highest BCUT2D eigenvalue weighted by atomic mass is 79.9. The summed E-state index contributed by atoms with van der Waals surface area (Å²) in [4.78, 5) is 0. The zero-order valence-electron chi connectivity index (χ0n) is 10.3. The lowest BCUT2D eigenvalue weighted by Crippen LogP contribution is -2.11. The summed E-state index contributed by atoms with van der Waals surface area (Å²) in [6.45, 7) is 0. The molecular formula is C16H14BrFO. The van der Waals surface area contributed by atoms with E-state index in [1.54, 1.807) is 6.07 Å². The van der Waals surface area contributed by atoms with Crippen LogP contribution in [0.25, 0.3) is 0 Å². The molecular weight excluding hydrogens is 307 g/mol. The highest BCUT2D eigenvalue weighted by molar-refractivity contribution is 9.10. The Kier molecular flexibility index (Phi) is 3.42. The topological polar surface area (TPSA) is 20.2 Å². The third kappa shape index (κ3) is 2.45. The average molecular weight is 321 g/mol. The average Bonchev–Trinajstić information content (AvgIpc) is 2.70. The normalized spacial score (nSPS) is 21.4. The minimum atomic E-state index is -0.487. The molecule has 0 heterocycles. The van der Waals surface area contributed by atoms with Crippen LogP contribution in [0.15, 0.2) is 46.9 Å². The Balaban J connectivity index is 1.83. The van der Waals surface area contributed by atoms with Crippen LogP contribution in [0.1, 0.15) is 22.8 Å². The lowest BCUT2D eigenvalue weighted by molar-refractivity contribution is 0.123. The van der Waals surface area contributed by atoms with E-state index < -0.39 is 6.10 Å². The Morgan fingerprint density at radius 2 is 2.00 bits per heavy atom. The quantitative estimate of drug-likeness (QED) is 0.885. The largest absolute Gasteiger partial charge is 0.388 e. The molecule has 1 aliphatic rings. The van der Waals surface area contributed by atoms with Gasteiger partial charge in [-0.3, -0.25) is 0 Å². The molecule has 0 amide bonds. The van der Waals surface area contributed by atoms with Gasteiger partial charge in [0.1, 0.15) is 5.82 Å². The molecule has 0 aromatic heterocycles. The van der Waals surface area contributed by atoms with Crippen molar-refractivity contribution in [1.82, 2.24) is 0 Å². The van der Waals surface area contributed by atoms with Crippen molar-refractivity contribution >= 4 is 15.9 Å². The first-order valence-electron chi connectivity index (χ1n) is 6.35. The van der Waals surface area contributed by atoms with E-state index in [1.807, 2.05) is 30.3 Å². The molecule has 2 unspecified atom stereocenters. The number of aliphatic hydroxyl groups excluding tert-OH is 1. The summed E-state index contributed by atoms with van der Waals surface area (Å²) in [5.74, 6) is -0.148. The molecule has 0 spiro atoms. The number of aliphatic hydroxyl groups is 1. The summed E-state index contributed by atoms with van der Waals surface area (Å²) in [7, 11) is 0. The maximum absolute atomic E-state index is 13.8. The van der Waals surface area contributed by atoms with Crippen LogP contribution < -0.4 is 0 Å². The van der Waals surface area contributed by atoms with Crippen molar-refractivity contribution in [2.45, 2.75) is 18.9 Å². The van der Waals surface area contributed by atoms with Crippen molar-refractivity contribution in [2.75, 3.05) is 0 Å². The van der Waals surface area contributed by atoms with Gasteiger partial charge in [-0.2, -0.15) is 0 Å². The third-order valence-electron chi connectivity index (χ3n) is 3.80. The zero-order valence-corrected chi connectivity index (χ0v) is 11.9. The molecule has 0 saturated carbocycles. The Hall–Kier alpha value is -1.19. The van der Waals surface area contributed by atoms with Gasteiger partial charge in [-0.15, -0.1) is 0 Å². The number of hydrogen-bond acceptors (Lipinski definition) is 1. The van der Waals surface area contributed by atoms with Crippen LogP contribution in [0.3, 0.4) is 0 Å². The van der Waals surface area contributed by atoms with Crippen LogP contribution in [0.2, 0.25) is 0 Å². The first-order valence-corrected chi connectivity index (χ1v) is 7.14. The lowest BCUT2D eigenvalue weighted by Gasteiger charge is -2.15. The third-order valence-corrected chi connectivity index (χ3v) is 4.29. The van der Waals surface area contributed by atoms with Crippen molar-refractivity contribution in [3.05, 3.63) is 69.4 Å². The van der Waals surface area contributed by atoms with Crippen LogP contribution in [0.4, 0.5) is 4.39 Å². The molecule has 0 saturated heterocycles. The molecule has 1 N–H and O–H groups in total. The van der Waals surface area contributed by atoms with Gasteiger partial charge in [0.2, 0.25) is 0 Å². The Bertz CT molecular complexity index is 611. The van der Waals surface area contributed by atoms with E-state index in [0.29, 0.717) is 12.0 Å². The van der Waals surface area contributed by atoms with E-state index in [9.17, 15) is 9.50 Å². The maximum Gasteiger partial charge on any atom is 0.127 e. The molecule has 0 bridgehead atoms. The van der Waals surface area contributed by atoms with E-state index in [0.717, 1.165) is 16.5 Å². The smallest absolute Gasteiger partial charge is 0.127 e. The number of halogens is 2. The van der Waals surface area contributed by atoms with Gasteiger partial charge in [0.05, 0.1) is 6.10 Å². The number of benzene rings is 2. The van der Waals surface area contributed by atoms with Crippen molar-refractivity contribution in [1.29, 1.82) is 0 Å². The van der Waals surface area contributed by atoms with E-state index in [4.69, 9.17) is 0 Å². The van der Waals surface area contributed by atoms with E-state index in [-0.39, 0.29) is 11.7 Å². The minimum Gasteiger partial charge on any atom is -0.388 e. The summed E-state index contributed by atoms with van der Waals surface area (Å²) in [5, 5.41) is 10.3. The highest BCUT2D eigenvalue weighted by Crippen LogP contribution is 2.38. The van der Waals surface area contributed by atoms with Crippen LogP contribution in [-0.4, -0.2) is 5.11 Å². The van der Waals surface area contributed by atoms with Crippen molar-refractivity contribution in [3.63, 3.8) is 0 Å². The molecule has 2 aromatic rings. The van der Waals surface area contributed by atoms with Crippen LogP contribution in [0.5, 0.6) is 0 Å². The predicted octanol–water partition coefficient (Wildman–Crippen LogP) is 4.04. The lowest BCUT2D eigenvalue weighted by atomic mass is 9.94. The van der Waals surface area contributed by atoms with Gasteiger partial charge in [0.25, 0.3) is 0 Å². The van der Waals surface area contributed by atoms with E-state index >= 15 is 0 Å². The summed E-state index contributed by atoms with van der Waals surface area (Å²) in [6, 6.07) is 13.0.